The summed E-state index contributed by atoms with van der Waals surface area (Å²) in [5.41, 5.74) is -0.00863. The highest BCUT2D eigenvalue weighted by Gasteiger charge is 2.60. The van der Waals surface area contributed by atoms with E-state index >= 15 is 0 Å². The number of carboxylic acids is 1. The van der Waals surface area contributed by atoms with Crippen molar-refractivity contribution in [2.45, 2.75) is 43.9 Å². The lowest BCUT2D eigenvalue weighted by atomic mass is 9.79. The van der Waals surface area contributed by atoms with Crippen LogP contribution in [0.1, 0.15) is 20.3 Å². The number of fused-ring (bicyclic) bond motifs is 1. The highest BCUT2D eigenvalue weighted by atomic mass is 32.2. The number of carbonyl (C=O) groups is 2. The fourth-order valence-electron chi connectivity index (χ4n) is 4.14. The molecule has 0 aromatic rings. The van der Waals surface area contributed by atoms with Crippen LogP contribution >= 0.6 is 11.8 Å². The summed E-state index contributed by atoms with van der Waals surface area (Å²) >= 11 is 1.39. The Morgan fingerprint density at radius 3 is 2.61 bits per heavy atom. The summed E-state index contributed by atoms with van der Waals surface area (Å²) in [5.74, 6) is -2.31. The summed E-state index contributed by atoms with van der Waals surface area (Å²) in [5, 5.41) is 19.5. The molecule has 6 atom stereocenters. The summed E-state index contributed by atoms with van der Waals surface area (Å²) in [6, 6.07) is -0.348. The zero-order valence-corrected chi connectivity index (χ0v) is 17.7. The Morgan fingerprint density at radius 1 is 1.43 bits per heavy atom. The molecular weight excluding hydrogens is 410 g/mol. The third-order valence-corrected chi connectivity index (χ3v) is 7.28. The van der Waals surface area contributed by atoms with Crippen LogP contribution in [0.3, 0.4) is 0 Å². The van der Waals surface area contributed by atoms with Gasteiger partial charge in [-0.15, -0.1) is 11.8 Å². The van der Waals surface area contributed by atoms with E-state index in [-0.39, 0.29) is 28.8 Å². The number of nitrogens with one attached hydrogen (secondary N) is 1. The molecule has 3 heterocycles. The van der Waals surface area contributed by atoms with E-state index in [1.54, 1.807) is 14.0 Å². The maximum Gasteiger partial charge on any atom is 0.353 e. The number of amides is 1. The Bertz CT molecular complexity index is 813. The first kappa shape index (κ1) is 21.5. The Hall–Kier alpha value is -1.18. The van der Waals surface area contributed by atoms with Crippen LogP contribution in [0.4, 0.5) is 0 Å². The molecule has 158 valence electrons. The third-order valence-electron chi connectivity index (χ3n) is 5.39. The minimum Gasteiger partial charge on any atom is -0.477 e. The predicted molar refractivity (Wildman–Crippen MR) is 101 cm³/mol. The number of aliphatic carboxylic acids is 1. The van der Waals surface area contributed by atoms with E-state index in [4.69, 9.17) is 4.84 Å². The maximum atomic E-state index is 12.4. The van der Waals surface area contributed by atoms with E-state index in [1.807, 2.05) is 16.7 Å². The zero-order valence-electron chi connectivity index (χ0n) is 16.0. The minimum absolute atomic E-state index is 0.00863. The van der Waals surface area contributed by atoms with E-state index in [0.717, 1.165) is 6.26 Å². The van der Waals surface area contributed by atoms with Gasteiger partial charge in [0.15, 0.2) is 0 Å². The molecule has 3 N–H and O–H groups in total. The van der Waals surface area contributed by atoms with Gasteiger partial charge in [0, 0.05) is 29.0 Å². The molecule has 3 aliphatic heterocycles. The normalized spacial score (nSPS) is 34.5. The number of likely N-dealkylation sites (tertiary alicyclic amines) is 1. The van der Waals surface area contributed by atoms with E-state index in [0.29, 0.717) is 17.9 Å². The van der Waals surface area contributed by atoms with Gasteiger partial charge in [-0.2, -0.15) is 0 Å². The number of nitrogens with zero attached hydrogens (tertiary/aromatic N) is 2. The van der Waals surface area contributed by atoms with Crippen LogP contribution in [0.15, 0.2) is 10.6 Å². The molecule has 0 unspecified atom stereocenters. The van der Waals surface area contributed by atoms with E-state index in [9.17, 15) is 28.2 Å². The van der Waals surface area contributed by atoms with Gasteiger partial charge in [0.05, 0.1) is 24.3 Å². The molecule has 1 amide bonds. The summed E-state index contributed by atoms with van der Waals surface area (Å²) in [7, 11) is -1.70. The number of sulfonamides is 1. The largest absolute Gasteiger partial charge is 0.477 e. The van der Waals surface area contributed by atoms with Gasteiger partial charge < -0.3 is 15.1 Å². The van der Waals surface area contributed by atoms with Crippen LogP contribution in [-0.2, 0) is 24.4 Å². The van der Waals surface area contributed by atoms with Crippen molar-refractivity contribution in [1.29, 1.82) is 0 Å². The number of hydrogen-bond donors (Lipinski definition) is 3. The van der Waals surface area contributed by atoms with Crippen LogP contribution in [0.25, 0.3) is 0 Å². The topological polar surface area (TPSA) is 136 Å². The lowest BCUT2D eigenvalue weighted by molar-refractivity contribution is -0.163. The number of aliphatic hydroxyl groups is 1. The van der Waals surface area contributed by atoms with Gasteiger partial charge in [0.1, 0.15) is 11.9 Å². The first-order valence-electron chi connectivity index (χ1n) is 8.90. The monoisotopic (exact) mass is 435 g/mol. The standard InChI is InChI=1S/C16H25N3O7S2/c1-7-12-11(8(2)20)15(21)19(12)13(16(22)23)14(7)27-9-5-10(18(3)6-9)26-17-28(4,24)25/h7-12,17,20H,5-6H2,1-4H3,(H,22,23)/t7-,8-,9+,10+,11-,12-/m1/s1. The number of carboxylic acid groups (broad SMARTS) is 1. The first-order valence-corrected chi connectivity index (χ1v) is 11.7. The van der Waals surface area contributed by atoms with Gasteiger partial charge in [-0.05, 0) is 14.0 Å². The van der Waals surface area contributed by atoms with Crippen molar-refractivity contribution in [1.82, 2.24) is 14.7 Å². The molecular formula is C16H25N3O7S2. The molecule has 0 aromatic carbocycles. The Morgan fingerprint density at radius 2 is 2.07 bits per heavy atom. The van der Waals surface area contributed by atoms with Crippen molar-refractivity contribution < 1.29 is 33.1 Å². The second kappa shape index (κ2) is 7.58. The average Bonchev–Trinajstić information content (AvgIpc) is 3.01. The summed E-state index contributed by atoms with van der Waals surface area (Å²) in [6.45, 7) is 3.98. The van der Waals surface area contributed by atoms with Crippen LogP contribution in [0, 0.1) is 11.8 Å². The van der Waals surface area contributed by atoms with Gasteiger partial charge >= 0.3 is 5.97 Å². The predicted octanol–water partition coefficient (Wildman–Crippen LogP) is -0.616. The van der Waals surface area contributed by atoms with Crippen LogP contribution in [0.2, 0.25) is 0 Å². The molecule has 3 aliphatic rings. The number of aliphatic hydroxyl groups excluding tert-OH is 1. The number of hydrogen-bond acceptors (Lipinski definition) is 8. The van der Waals surface area contributed by atoms with Gasteiger partial charge in [-0.3, -0.25) is 14.5 Å². The van der Waals surface area contributed by atoms with Crippen molar-refractivity contribution >= 4 is 33.7 Å². The van der Waals surface area contributed by atoms with E-state index in [1.165, 1.54) is 16.7 Å². The van der Waals surface area contributed by atoms with Crippen molar-refractivity contribution in [3.05, 3.63) is 10.6 Å². The quantitative estimate of drug-likeness (QED) is 0.353. The fourth-order valence-corrected chi connectivity index (χ4v) is 6.01. The maximum absolute atomic E-state index is 12.4. The van der Waals surface area contributed by atoms with E-state index in [2.05, 4.69) is 0 Å². The van der Waals surface area contributed by atoms with Gasteiger partial charge in [0.25, 0.3) is 0 Å². The molecule has 0 saturated carbocycles. The van der Waals surface area contributed by atoms with E-state index < -0.39 is 34.2 Å². The highest BCUT2D eigenvalue weighted by molar-refractivity contribution is 8.03. The first-order chi connectivity index (χ1) is 12.9. The summed E-state index contributed by atoms with van der Waals surface area (Å²) in [4.78, 5) is 35.2. The van der Waals surface area contributed by atoms with Crippen LogP contribution in [0.5, 0.6) is 0 Å². The average molecular weight is 436 g/mol. The Labute approximate surface area is 167 Å². The third kappa shape index (κ3) is 3.81. The van der Waals surface area contributed by atoms with Crippen molar-refractivity contribution in [3.63, 3.8) is 0 Å². The number of β-lactam (4-membered cyclic amide) rings is 1. The molecule has 28 heavy (non-hydrogen) atoms. The second-order valence-corrected chi connectivity index (χ2v) is 10.7. The second-order valence-electron chi connectivity index (χ2n) is 7.62. The smallest absolute Gasteiger partial charge is 0.353 e. The zero-order chi connectivity index (χ0) is 21.0. The number of thioether (sulfide) groups is 1. The lowest BCUT2D eigenvalue weighted by Crippen LogP contribution is -2.63. The molecule has 3 rings (SSSR count). The van der Waals surface area contributed by atoms with Gasteiger partial charge in [-0.25, -0.2) is 13.2 Å². The molecule has 12 heteroatoms. The molecule has 0 spiro atoms. The molecule has 2 saturated heterocycles. The minimum atomic E-state index is -3.49. The summed E-state index contributed by atoms with van der Waals surface area (Å²) in [6.07, 6.45) is 0.179. The van der Waals surface area contributed by atoms with Crippen molar-refractivity contribution in [3.8, 4) is 0 Å². The lowest BCUT2D eigenvalue weighted by Gasteiger charge is -2.46. The Balaban J connectivity index is 1.75. The van der Waals surface area contributed by atoms with Crippen LogP contribution < -0.4 is 4.89 Å². The van der Waals surface area contributed by atoms with Crippen molar-refractivity contribution in [2.24, 2.45) is 11.8 Å². The molecule has 0 aromatic heterocycles. The Kier molecular flexibility index (Phi) is 5.82. The molecule has 0 bridgehead atoms. The fraction of sp³-hybridized carbons (Fsp3) is 0.750. The number of carbonyl (C=O) groups excluding carboxylic acids is 1. The molecule has 2 fully saturated rings. The summed E-state index contributed by atoms with van der Waals surface area (Å²) < 4.78 is 22.4. The SMILES string of the molecule is C[C@@H](O)[C@H]1C(=O)N2C(C(=O)O)=C(S[C@H]3C[C@H](ONS(C)(=O)=O)N(C)C3)[C@H](C)[C@H]12. The van der Waals surface area contributed by atoms with Crippen LogP contribution in [-0.4, -0.2) is 83.8 Å². The molecule has 0 radical (unpaired) electrons. The molecule has 0 aliphatic carbocycles. The van der Waals surface area contributed by atoms with Crippen molar-refractivity contribution in [2.75, 3.05) is 19.8 Å². The highest BCUT2D eigenvalue weighted by Crippen LogP contribution is 2.52. The van der Waals surface area contributed by atoms with Gasteiger partial charge in [0.2, 0.25) is 15.9 Å². The number of rotatable bonds is 7. The van der Waals surface area contributed by atoms with Gasteiger partial charge in [-0.1, -0.05) is 11.8 Å². The molecule has 10 nitrogen and oxygen atoms in total.